The highest BCUT2D eigenvalue weighted by molar-refractivity contribution is 9.10. The number of halogens is 1. The molecule has 0 fully saturated rings. The predicted octanol–water partition coefficient (Wildman–Crippen LogP) is 3.75. The molecule has 4 heteroatoms. The van der Waals surface area contributed by atoms with E-state index in [-0.39, 0.29) is 0 Å². The van der Waals surface area contributed by atoms with Crippen molar-refractivity contribution in [3.05, 3.63) is 27.7 Å². The molecule has 1 N–H and O–H groups in total. The van der Waals surface area contributed by atoms with E-state index in [0.717, 1.165) is 18.0 Å². The van der Waals surface area contributed by atoms with E-state index in [9.17, 15) is 0 Å². The van der Waals surface area contributed by atoms with Gasteiger partial charge in [-0.25, -0.2) is 0 Å². The maximum Gasteiger partial charge on any atom is 0.123 e. The number of benzene rings is 1. The van der Waals surface area contributed by atoms with Gasteiger partial charge in [-0.3, -0.25) is 0 Å². The molecule has 1 aliphatic heterocycles. The third-order valence-electron chi connectivity index (χ3n) is 3.08. The number of methoxy groups -OCH3 is 1. The highest BCUT2D eigenvalue weighted by Gasteiger charge is 2.23. The lowest BCUT2D eigenvalue weighted by atomic mass is 9.98. The number of hydrogen-bond acceptors (Lipinski definition) is 3. The van der Waals surface area contributed by atoms with E-state index in [1.807, 2.05) is 11.8 Å². The standard InChI is InChI=1S/C13H18BrNOS/c1-3-15-11-6-7-17-8-9-12(16-2)5-4-10(14)13(9)11/h4-5,11,15H,3,6-8H2,1-2H3. The van der Waals surface area contributed by atoms with Crippen molar-refractivity contribution >= 4 is 27.7 Å². The summed E-state index contributed by atoms with van der Waals surface area (Å²) >= 11 is 5.67. The Balaban J connectivity index is 2.47. The van der Waals surface area contributed by atoms with Gasteiger partial charge in [0.2, 0.25) is 0 Å². The van der Waals surface area contributed by atoms with Crippen LogP contribution in [0.2, 0.25) is 0 Å². The average molecular weight is 316 g/mol. The molecular formula is C13H18BrNOS. The second kappa shape index (κ2) is 6.12. The summed E-state index contributed by atoms with van der Waals surface area (Å²) in [5.74, 6) is 3.25. The van der Waals surface area contributed by atoms with Gasteiger partial charge in [-0.2, -0.15) is 11.8 Å². The SMILES string of the molecule is CCNC1CCSCc2c(OC)ccc(Br)c21. The van der Waals surface area contributed by atoms with Gasteiger partial charge in [0.05, 0.1) is 7.11 Å². The van der Waals surface area contributed by atoms with Crippen molar-refractivity contribution in [1.82, 2.24) is 5.32 Å². The molecule has 0 amide bonds. The third-order valence-corrected chi connectivity index (χ3v) is 4.79. The summed E-state index contributed by atoms with van der Waals surface area (Å²) in [5, 5.41) is 3.57. The van der Waals surface area contributed by atoms with Gasteiger partial charge in [-0.1, -0.05) is 22.9 Å². The van der Waals surface area contributed by atoms with E-state index in [4.69, 9.17) is 4.74 Å². The maximum absolute atomic E-state index is 5.49. The second-order valence-electron chi connectivity index (χ2n) is 4.09. The Bertz CT molecular complexity index is 397. The first-order valence-corrected chi connectivity index (χ1v) is 7.89. The lowest BCUT2D eigenvalue weighted by Gasteiger charge is -2.21. The van der Waals surface area contributed by atoms with Gasteiger partial charge in [0.15, 0.2) is 0 Å². The molecule has 0 aromatic heterocycles. The highest BCUT2D eigenvalue weighted by Crippen LogP contribution is 2.40. The highest BCUT2D eigenvalue weighted by atomic mass is 79.9. The Labute approximate surface area is 116 Å². The molecule has 0 radical (unpaired) electrons. The smallest absolute Gasteiger partial charge is 0.123 e. The molecule has 17 heavy (non-hydrogen) atoms. The van der Waals surface area contributed by atoms with Gasteiger partial charge in [0.25, 0.3) is 0 Å². The molecule has 2 rings (SSSR count). The van der Waals surface area contributed by atoms with Crippen molar-refractivity contribution in [3.63, 3.8) is 0 Å². The molecule has 1 unspecified atom stereocenters. The topological polar surface area (TPSA) is 21.3 Å². The molecule has 1 aromatic carbocycles. The van der Waals surface area contributed by atoms with E-state index < -0.39 is 0 Å². The zero-order valence-corrected chi connectivity index (χ0v) is 12.7. The van der Waals surface area contributed by atoms with Crippen LogP contribution in [0.1, 0.15) is 30.5 Å². The van der Waals surface area contributed by atoms with Crippen molar-refractivity contribution in [2.45, 2.75) is 25.1 Å². The van der Waals surface area contributed by atoms with E-state index in [0.29, 0.717) is 6.04 Å². The van der Waals surface area contributed by atoms with Crippen LogP contribution in [0.15, 0.2) is 16.6 Å². The van der Waals surface area contributed by atoms with Crippen LogP contribution in [0.3, 0.4) is 0 Å². The minimum absolute atomic E-state index is 0.439. The second-order valence-corrected chi connectivity index (χ2v) is 6.05. The minimum Gasteiger partial charge on any atom is -0.496 e. The van der Waals surface area contributed by atoms with Crippen LogP contribution in [0.5, 0.6) is 5.75 Å². The van der Waals surface area contributed by atoms with Gasteiger partial charge in [-0.05, 0) is 36.4 Å². The van der Waals surface area contributed by atoms with Crippen LogP contribution in [0, 0.1) is 0 Å². The summed E-state index contributed by atoms with van der Waals surface area (Å²) in [6, 6.07) is 4.59. The third kappa shape index (κ3) is 2.80. The molecule has 1 aromatic rings. The number of nitrogens with one attached hydrogen (secondary N) is 1. The summed E-state index contributed by atoms with van der Waals surface area (Å²) in [7, 11) is 1.75. The van der Waals surface area contributed by atoms with Crippen molar-refractivity contribution in [1.29, 1.82) is 0 Å². The molecule has 1 atom stereocenters. The number of fused-ring (bicyclic) bond motifs is 1. The quantitative estimate of drug-likeness (QED) is 0.918. The van der Waals surface area contributed by atoms with Crippen molar-refractivity contribution in [2.24, 2.45) is 0 Å². The van der Waals surface area contributed by atoms with Gasteiger partial charge in [0, 0.05) is 21.8 Å². The van der Waals surface area contributed by atoms with Gasteiger partial charge >= 0.3 is 0 Å². The molecule has 0 saturated heterocycles. The summed E-state index contributed by atoms with van der Waals surface area (Å²) in [6.07, 6.45) is 1.18. The summed E-state index contributed by atoms with van der Waals surface area (Å²) in [5.41, 5.74) is 2.73. The largest absolute Gasteiger partial charge is 0.496 e. The molecule has 1 aliphatic rings. The van der Waals surface area contributed by atoms with Gasteiger partial charge in [-0.15, -0.1) is 0 Å². The molecule has 0 bridgehead atoms. The first-order chi connectivity index (χ1) is 8.27. The lowest BCUT2D eigenvalue weighted by molar-refractivity contribution is 0.409. The maximum atomic E-state index is 5.49. The van der Waals surface area contributed by atoms with Gasteiger partial charge in [0.1, 0.15) is 5.75 Å². The number of ether oxygens (including phenoxy) is 1. The Morgan fingerprint density at radius 1 is 1.53 bits per heavy atom. The molecule has 0 spiro atoms. The number of hydrogen-bond donors (Lipinski definition) is 1. The van der Waals surface area contributed by atoms with Crippen LogP contribution in [-0.2, 0) is 5.75 Å². The Morgan fingerprint density at radius 3 is 3.06 bits per heavy atom. The monoisotopic (exact) mass is 315 g/mol. The van der Waals surface area contributed by atoms with E-state index in [1.54, 1.807) is 7.11 Å². The lowest BCUT2D eigenvalue weighted by Crippen LogP contribution is -2.22. The summed E-state index contributed by atoms with van der Waals surface area (Å²) in [6.45, 7) is 3.16. The van der Waals surface area contributed by atoms with Crippen LogP contribution < -0.4 is 10.1 Å². The fourth-order valence-electron chi connectivity index (χ4n) is 2.30. The first-order valence-electron chi connectivity index (χ1n) is 5.94. The number of rotatable bonds is 3. The first kappa shape index (κ1) is 13.2. The Kier molecular flexibility index (Phi) is 4.77. The molecule has 0 aliphatic carbocycles. The van der Waals surface area contributed by atoms with Crippen molar-refractivity contribution in [3.8, 4) is 5.75 Å². The van der Waals surface area contributed by atoms with Gasteiger partial charge < -0.3 is 10.1 Å². The Hall–Kier alpha value is -0.190. The minimum atomic E-state index is 0.439. The molecule has 2 nitrogen and oxygen atoms in total. The molecule has 1 heterocycles. The Morgan fingerprint density at radius 2 is 2.35 bits per heavy atom. The van der Waals surface area contributed by atoms with Crippen LogP contribution in [-0.4, -0.2) is 19.4 Å². The van der Waals surface area contributed by atoms with E-state index in [1.165, 1.54) is 27.8 Å². The van der Waals surface area contributed by atoms with Crippen LogP contribution in [0.4, 0.5) is 0 Å². The summed E-state index contributed by atoms with van der Waals surface area (Å²) < 4.78 is 6.68. The summed E-state index contributed by atoms with van der Waals surface area (Å²) in [4.78, 5) is 0. The fourth-order valence-corrected chi connectivity index (χ4v) is 4.00. The van der Waals surface area contributed by atoms with Crippen LogP contribution in [0.25, 0.3) is 0 Å². The molecule has 0 saturated carbocycles. The molecule has 94 valence electrons. The van der Waals surface area contributed by atoms with E-state index >= 15 is 0 Å². The zero-order chi connectivity index (χ0) is 12.3. The van der Waals surface area contributed by atoms with Crippen molar-refractivity contribution < 1.29 is 4.74 Å². The molecular weight excluding hydrogens is 298 g/mol. The fraction of sp³-hybridized carbons (Fsp3) is 0.538. The van der Waals surface area contributed by atoms with Crippen LogP contribution >= 0.6 is 27.7 Å². The van der Waals surface area contributed by atoms with E-state index in [2.05, 4.69) is 40.3 Å². The predicted molar refractivity (Wildman–Crippen MR) is 77.9 cm³/mol. The average Bonchev–Trinajstić information content (AvgIpc) is 2.54. The van der Waals surface area contributed by atoms with Crippen molar-refractivity contribution in [2.75, 3.05) is 19.4 Å². The number of thioether (sulfide) groups is 1. The normalized spacial score (nSPS) is 19.6. The zero-order valence-electron chi connectivity index (χ0n) is 10.3.